The third kappa shape index (κ3) is 2.55. The second-order valence-electron chi connectivity index (χ2n) is 4.25. The van der Waals surface area contributed by atoms with Crippen LogP contribution in [-0.2, 0) is 16.0 Å². The number of carboxylic acids is 1. The van der Waals surface area contributed by atoms with Crippen molar-refractivity contribution in [1.82, 2.24) is 4.90 Å². The zero-order valence-electron chi connectivity index (χ0n) is 9.30. The van der Waals surface area contributed by atoms with Gasteiger partial charge < -0.3 is 15.7 Å². The summed E-state index contributed by atoms with van der Waals surface area (Å²) in [5.41, 5.74) is 7.10. The second-order valence-corrected chi connectivity index (χ2v) is 4.25. The van der Waals surface area contributed by atoms with Gasteiger partial charge in [-0.1, -0.05) is 12.1 Å². The van der Waals surface area contributed by atoms with Crippen LogP contribution < -0.4 is 5.73 Å². The second kappa shape index (κ2) is 4.45. The van der Waals surface area contributed by atoms with Crippen molar-refractivity contribution in [2.75, 3.05) is 18.8 Å². The number of rotatable bonds is 3. The standard InChI is InChI=1S/C12H14N2O3/c13-10-3-1-8(2-4-10)5-11(15)14-6-9(7-14)12(16)17/h1-4,9H,5-7,13H2,(H,16,17). The Morgan fingerprint density at radius 3 is 2.41 bits per heavy atom. The summed E-state index contributed by atoms with van der Waals surface area (Å²) in [6.45, 7) is 0.645. The molecule has 0 unspecified atom stereocenters. The van der Waals surface area contributed by atoms with E-state index >= 15 is 0 Å². The lowest BCUT2D eigenvalue weighted by Gasteiger charge is -2.36. The maximum absolute atomic E-state index is 11.7. The van der Waals surface area contributed by atoms with Gasteiger partial charge in [0.1, 0.15) is 0 Å². The first-order chi connectivity index (χ1) is 8.06. The topological polar surface area (TPSA) is 83.6 Å². The van der Waals surface area contributed by atoms with E-state index in [-0.39, 0.29) is 5.91 Å². The number of hydrogen-bond acceptors (Lipinski definition) is 3. The average molecular weight is 234 g/mol. The number of carboxylic acid groups (broad SMARTS) is 1. The van der Waals surface area contributed by atoms with E-state index in [2.05, 4.69) is 0 Å². The van der Waals surface area contributed by atoms with Crippen LogP contribution in [0.4, 0.5) is 5.69 Å². The number of nitrogens with zero attached hydrogens (tertiary/aromatic N) is 1. The number of anilines is 1. The number of likely N-dealkylation sites (tertiary alicyclic amines) is 1. The normalized spacial score (nSPS) is 15.4. The molecule has 1 fully saturated rings. The molecule has 2 rings (SSSR count). The zero-order chi connectivity index (χ0) is 12.4. The lowest BCUT2D eigenvalue weighted by atomic mass is 9.99. The van der Waals surface area contributed by atoms with Crippen molar-refractivity contribution in [2.45, 2.75) is 6.42 Å². The predicted molar refractivity (Wildman–Crippen MR) is 62.3 cm³/mol. The number of nitrogens with two attached hydrogens (primary N) is 1. The van der Waals surface area contributed by atoms with E-state index in [4.69, 9.17) is 10.8 Å². The highest BCUT2D eigenvalue weighted by atomic mass is 16.4. The highest BCUT2D eigenvalue weighted by Gasteiger charge is 2.35. The van der Waals surface area contributed by atoms with Crippen molar-refractivity contribution in [3.05, 3.63) is 29.8 Å². The number of amides is 1. The molecular formula is C12H14N2O3. The van der Waals surface area contributed by atoms with Gasteiger partial charge in [0.15, 0.2) is 0 Å². The van der Waals surface area contributed by atoms with E-state index in [1.54, 1.807) is 17.0 Å². The molecule has 90 valence electrons. The molecule has 1 aromatic carbocycles. The molecule has 1 aliphatic rings. The maximum Gasteiger partial charge on any atom is 0.310 e. The first-order valence-corrected chi connectivity index (χ1v) is 5.41. The van der Waals surface area contributed by atoms with Crippen LogP contribution in [0.5, 0.6) is 0 Å². The molecule has 5 nitrogen and oxygen atoms in total. The van der Waals surface area contributed by atoms with Gasteiger partial charge in [-0.3, -0.25) is 9.59 Å². The maximum atomic E-state index is 11.7. The Morgan fingerprint density at radius 1 is 1.29 bits per heavy atom. The van der Waals surface area contributed by atoms with E-state index in [1.807, 2.05) is 12.1 Å². The molecular weight excluding hydrogens is 220 g/mol. The minimum Gasteiger partial charge on any atom is -0.481 e. The van der Waals surface area contributed by atoms with Crippen molar-refractivity contribution in [3.63, 3.8) is 0 Å². The van der Waals surface area contributed by atoms with Gasteiger partial charge in [-0.05, 0) is 17.7 Å². The Hall–Kier alpha value is -2.04. The molecule has 1 aromatic rings. The Kier molecular flexibility index (Phi) is 2.99. The summed E-state index contributed by atoms with van der Waals surface area (Å²) in [5, 5.41) is 8.70. The summed E-state index contributed by atoms with van der Waals surface area (Å²) >= 11 is 0. The van der Waals surface area contributed by atoms with Crippen LogP contribution >= 0.6 is 0 Å². The molecule has 3 N–H and O–H groups in total. The summed E-state index contributed by atoms with van der Waals surface area (Å²) in [6, 6.07) is 7.11. The number of carbonyl (C=O) groups excluding carboxylic acids is 1. The van der Waals surface area contributed by atoms with Crippen molar-refractivity contribution in [3.8, 4) is 0 Å². The quantitative estimate of drug-likeness (QED) is 0.739. The minimum absolute atomic E-state index is 0.0349. The zero-order valence-corrected chi connectivity index (χ0v) is 9.30. The Balaban J connectivity index is 1.87. The molecule has 0 aliphatic carbocycles. The number of carbonyl (C=O) groups is 2. The smallest absolute Gasteiger partial charge is 0.310 e. The fraction of sp³-hybridized carbons (Fsp3) is 0.333. The van der Waals surface area contributed by atoms with Crippen LogP contribution in [0.1, 0.15) is 5.56 Å². The van der Waals surface area contributed by atoms with Crippen molar-refractivity contribution >= 4 is 17.6 Å². The highest BCUT2D eigenvalue weighted by Crippen LogP contribution is 2.17. The summed E-state index contributed by atoms with van der Waals surface area (Å²) in [6.07, 6.45) is 0.298. The largest absolute Gasteiger partial charge is 0.481 e. The van der Waals surface area contributed by atoms with Gasteiger partial charge in [0, 0.05) is 18.8 Å². The molecule has 0 bridgehead atoms. The van der Waals surface area contributed by atoms with Gasteiger partial charge >= 0.3 is 5.97 Å². The number of nitrogen functional groups attached to an aromatic ring is 1. The third-order valence-electron chi connectivity index (χ3n) is 2.92. The SMILES string of the molecule is Nc1ccc(CC(=O)N2CC(C(=O)O)C2)cc1. The summed E-state index contributed by atoms with van der Waals surface area (Å²) in [5.74, 6) is -1.26. The van der Waals surface area contributed by atoms with E-state index in [1.165, 1.54) is 0 Å². The van der Waals surface area contributed by atoms with Crippen molar-refractivity contribution in [1.29, 1.82) is 0 Å². The van der Waals surface area contributed by atoms with Crippen LogP contribution in [-0.4, -0.2) is 35.0 Å². The summed E-state index contributed by atoms with van der Waals surface area (Å²) < 4.78 is 0. The highest BCUT2D eigenvalue weighted by molar-refractivity contribution is 5.82. The van der Waals surface area contributed by atoms with Crippen molar-refractivity contribution < 1.29 is 14.7 Å². The van der Waals surface area contributed by atoms with E-state index in [0.717, 1.165) is 5.56 Å². The van der Waals surface area contributed by atoms with Gasteiger partial charge in [0.05, 0.1) is 12.3 Å². The average Bonchev–Trinajstić information content (AvgIpc) is 2.18. The van der Waals surface area contributed by atoms with Gasteiger partial charge in [0.25, 0.3) is 0 Å². The first kappa shape index (κ1) is 11.4. The van der Waals surface area contributed by atoms with E-state index < -0.39 is 11.9 Å². The molecule has 0 saturated carbocycles. The van der Waals surface area contributed by atoms with Crippen LogP contribution in [0.25, 0.3) is 0 Å². The molecule has 1 saturated heterocycles. The molecule has 1 aliphatic heterocycles. The lowest BCUT2D eigenvalue weighted by molar-refractivity contribution is -0.152. The molecule has 0 radical (unpaired) electrons. The molecule has 0 atom stereocenters. The van der Waals surface area contributed by atoms with Crippen LogP contribution in [0, 0.1) is 5.92 Å². The van der Waals surface area contributed by atoms with Gasteiger partial charge in [-0.2, -0.15) is 0 Å². The minimum atomic E-state index is -0.832. The van der Waals surface area contributed by atoms with E-state index in [0.29, 0.717) is 25.2 Å². The van der Waals surface area contributed by atoms with E-state index in [9.17, 15) is 9.59 Å². The van der Waals surface area contributed by atoms with Crippen molar-refractivity contribution in [2.24, 2.45) is 5.92 Å². The van der Waals surface area contributed by atoms with Crippen LogP contribution in [0.2, 0.25) is 0 Å². The summed E-state index contributed by atoms with van der Waals surface area (Å²) in [7, 11) is 0. The first-order valence-electron chi connectivity index (χ1n) is 5.41. The Morgan fingerprint density at radius 2 is 1.88 bits per heavy atom. The number of aliphatic carboxylic acids is 1. The predicted octanol–water partition coefficient (Wildman–Crippen LogP) is 0.354. The molecule has 5 heteroatoms. The number of benzene rings is 1. The molecule has 0 aromatic heterocycles. The molecule has 1 amide bonds. The molecule has 17 heavy (non-hydrogen) atoms. The summed E-state index contributed by atoms with van der Waals surface area (Å²) in [4.78, 5) is 23.9. The molecule has 1 heterocycles. The Bertz CT molecular complexity index is 436. The molecule has 0 spiro atoms. The Labute approximate surface area is 98.8 Å². The van der Waals surface area contributed by atoms with Gasteiger partial charge in [-0.15, -0.1) is 0 Å². The van der Waals surface area contributed by atoms with Gasteiger partial charge in [0.2, 0.25) is 5.91 Å². The fourth-order valence-electron chi connectivity index (χ4n) is 1.76. The van der Waals surface area contributed by atoms with Crippen LogP contribution in [0.3, 0.4) is 0 Å². The van der Waals surface area contributed by atoms with Crippen LogP contribution in [0.15, 0.2) is 24.3 Å². The number of hydrogen-bond donors (Lipinski definition) is 2. The fourth-order valence-corrected chi connectivity index (χ4v) is 1.76. The lowest BCUT2D eigenvalue weighted by Crippen LogP contribution is -2.53. The van der Waals surface area contributed by atoms with Gasteiger partial charge in [-0.25, -0.2) is 0 Å². The third-order valence-corrected chi connectivity index (χ3v) is 2.92. The monoisotopic (exact) mass is 234 g/mol.